The fraction of sp³-hybridized carbons (Fsp3) is 0.348. The van der Waals surface area contributed by atoms with Gasteiger partial charge in [0.15, 0.2) is 11.5 Å². The number of halogens is 6. The Kier molecular flexibility index (Phi) is 9.92. The predicted octanol–water partition coefficient (Wildman–Crippen LogP) is 3.78. The average molecular weight is 608 g/mol. The first-order valence-corrected chi connectivity index (χ1v) is 12.5. The molecule has 0 amide bonds. The molecular formula is C23H23F6N7O4S. The Morgan fingerprint density at radius 1 is 0.976 bits per heavy atom. The number of carbonyl (C=O) groups is 2. The summed E-state index contributed by atoms with van der Waals surface area (Å²) in [7, 11) is 1.96. The SMILES string of the molecule is Cn1cc(CN2CCN(c3nccn4c(-c5ccsc5)cnc34)CC2)cn1.O=C(O)C(F)(F)F.O=C(O)C(F)(F)F. The lowest BCUT2D eigenvalue weighted by molar-refractivity contribution is -0.193. The summed E-state index contributed by atoms with van der Waals surface area (Å²) in [6.45, 7) is 4.87. The van der Waals surface area contributed by atoms with E-state index in [1.165, 1.54) is 11.1 Å². The van der Waals surface area contributed by atoms with Crippen LogP contribution in [0.1, 0.15) is 5.56 Å². The summed E-state index contributed by atoms with van der Waals surface area (Å²) < 4.78 is 67.5. The minimum absolute atomic E-state index is 0.930. The van der Waals surface area contributed by atoms with E-state index in [0.717, 1.165) is 49.9 Å². The van der Waals surface area contributed by atoms with Crippen LogP contribution in [0, 0.1) is 0 Å². The normalized spacial score (nSPS) is 14.2. The molecule has 0 saturated carbocycles. The number of piperazine rings is 1. The molecule has 18 heteroatoms. The fourth-order valence-corrected chi connectivity index (χ4v) is 4.33. The van der Waals surface area contributed by atoms with Crippen molar-refractivity contribution in [3.05, 3.63) is 53.4 Å². The maximum atomic E-state index is 10.6. The number of carboxylic acids is 2. The van der Waals surface area contributed by atoms with Crippen molar-refractivity contribution in [1.29, 1.82) is 0 Å². The molecule has 1 aliphatic rings. The lowest BCUT2D eigenvalue weighted by Gasteiger charge is -2.35. The molecule has 1 fully saturated rings. The molecule has 11 nitrogen and oxygen atoms in total. The number of imidazole rings is 1. The number of nitrogens with zero attached hydrogens (tertiary/aromatic N) is 7. The first-order valence-electron chi connectivity index (χ1n) is 11.6. The van der Waals surface area contributed by atoms with E-state index in [2.05, 4.69) is 52.3 Å². The third-order valence-electron chi connectivity index (χ3n) is 5.55. The second-order valence-corrected chi connectivity index (χ2v) is 9.27. The van der Waals surface area contributed by atoms with Crippen LogP contribution in [0.15, 0.2) is 47.8 Å². The van der Waals surface area contributed by atoms with E-state index < -0.39 is 24.3 Å². The van der Waals surface area contributed by atoms with E-state index in [4.69, 9.17) is 19.8 Å². The highest BCUT2D eigenvalue weighted by Crippen LogP contribution is 2.27. The molecule has 5 heterocycles. The lowest BCUT2D eigenvalue weighted by atomic mass is 10.2. The van der Waals surface area contributed by atoms with Gasteiger partial charge in [0, 0.05) is 74.9 Å². The lowest BCUT2D eigenvalue weighted by Crippen LogP contribution is -2.46. The summed E-state index contributed by atoms with van der Waals surface area (Å²) in [6.07, 6.45) is -0.309. The summed E-state index contributed by atoms with van der Waals surface area (Å²) in [4.78, 5) is 31.9. The van der Waals surface area contributed by atoms with Crippen molar-refractivity contribution in [3.8, 4) is 11.3 Å². The molecule has 222 valence electrons. The molecule has 2 N–H and O–H groups in total. The Balaban J connectivity index is 0.000000276. The van der Waals surface area contributed by atoms with Gasteiger partial charge in [-0.2, -0.15) is 42.8 Å². The Labute approximate surface area is 231 Å². The van der Waals surface area contributed by atoms with Crippen LogP contribution in [0.5, 0.6) is 0 Å². The van der Waals surface area contributed by atoms with E-state index in [1.807, 2.05) is 36.5 Å². The van der Waals surface area contributed by atoms with Gasteiger partial charge in [0.1, 0.15) is 0 Å². The number of hydrogen-bond acceptors (Lipinski definition) is 8. The molecule has 0 atom stereocenters. The minimum Gasteiger partial charge on any atom is -0.475 e. The van der Waals surface area contributed by atoms with Crippen molar-refractivity contribution in [3.63, 3.8) is 0 Å². The van der Waals surface area contributed by atoms with Crippen LogP contribution in [-0.4, -0.2) is 89.7 Å². The van der Waals surface area contributed by atoms with Gasteiger partial charge in [0.05, 0.1) is 18.1 Å². The van der Waals surface area contributed by atoms with Gasteiger partial charge in [-0.3, -0.25) is 14.0 Å². The quantitative estimate of drug-likeness (QED) is 0.333. The molecule has 0 spiro atoms. The minimum atomic E-state index is -5.08. The Hall–Kier alpha value is -4.19. The topological polar surface area (TPSA) is 129 Å². The van der Waals surface area contributed by atoms with Crippen molar-refractivity contribution < 1.29 is 46.1 Å². The van der Waals surface area contributed by atoms with E-state index in [0.29, 0.717) is 0 Å². The molecule has 4 aromatic rings. The molecule has 41 heavy (non-hydrogen) atoms. The highest BCUT2D eigenvalue weighted by molar-refractivity contribution is 7.08. The number of aryl methyl sites for hydroxylation is 1. The highest BCUT2D eigenvalue weighted by Gasteiger charge is 2.38. The smallest absolute Gasteiger partial charge is 0.475 e. The number of carboxylic acid groups (broad SMARTS) is 2. The van der Waals surface area contributed by atoms with Crippen molar-refractivity contribution in [2.45, 2.75) is 18.9 Å². The molecule has 0 radical (unpaired) electrons. The second-order valence-electron chi connectivity index (χ2n) is 8.49. The molecule has 0 unspecified atom stereocenters. The zero-order valence-electron chi connectivity index (χ0n) is 21.2. The standard InChI is InChI=1S/C19H21N7S.2C2HF3O2/c1-23-12-15(10-22-23)13-24-5-7-25(8-6-24)18-19-21-11-17(16-2-9-27-14-16)26(19)4-3-20-18;2*3-2(4,5)1(6)7/h2-4,9-12,14H,5-8,13H2,1H3;2*(H,6,7). The third-order valence-corrected chi connectivity index (χ3v) is 6.23. The molecule has 0 aliphatic carbocycles. The molecule has 0 aromatic carbocycles. The summed E-state index contributed by atoms with van der Waals surface area (Å²) in [5, 5.41) is 22.8. The first kappa shape index (κ1) is 31.3. The van der Waals surface area contributed by atoms with Gasteiger partial charge in [0.25, 0.3) is 0 Å². The molecule has 1 aliphatic heterocycles. The Morgan fingerprint density at radius 3 is 2.07 bits per heavy atom. The van der Waals surface area contributed by atoms with Crippen LogP contribution in [0.4, 0.5) is 32.2 Å². The number of rotatable bonds is 4. The fourth-order valence-electron chi connectivity index (χ4n) is 3.68. The molecule has 0 bridgehead atoms. The summed E-state index contributed by atoms with van der Waals surface area (Å²) in [5.41, 5.74) is 4.51. The summed E-state index contributed by atoms with van der Waals surface area (Å²) >= 11 is 1.70. The zero-order chi connectivity index (χ0) is 30.4. The zero-order valence-corrected chi connectivity index (χ0v) is 22.0. The predicted molar refractivity (Wildman–Crippen MR) is 134 cm³/mol. The van der Waals surface area contributed by atoms with Crippen molar-refractivity contribution in [2.75, 3.05) is 31.1 Å². The van der Waals surface area contributed by atoms with Gasteiger partial charge in [-0.05, 0) is 11.4 Å². The van der Waals surface area contributed by atoms with Crippen LogP contribution in [-0.2, 0) is 23.2 Å². The second kappa shape index (κ2) is 13.0. The van der Waals surface area contributed by atoms with Gasteiger partial charge in [-0.25, -0.2) is 19.6 Å². The number of fused-ring (bicyclic) bond motifs is 1. The van der Waals surface area contributed by atoms with E-state index in [1.54, 1.807) is 11.3 Å². The maximum absolute atomic E-state index is 10.6. The van der Waals surface area contributed by atoms with Gasteiger partial charge in [-0.15, -0.1) is 0 Å². The molecule has 4 aromatic heterocycles. The summed E-state index contributed by atoms with van der Waals surface area (Å²) in [6, 6.07) is 2.13. The van der Waals surface area contributed by atoms with Crippen LogP contribution in [0.3, 0.4) is 0 Å². The average Bonchev–Trinajstić information content (AvgIpc) is 3.65. The van der Waals surface area contributed by atoms with Gasteiger partial charge >= 0.3 is 24.3 Å². The number of aliphatic carboxylic acids is 2. The van der Waals surface area contributed by atoms with Crippen LogP contribution >= 0.6 is 11.3 Å². The van der Waals surface area contributed by atoms with Gasteiger partial charge < -0.3 is 15.1 Å². The van der Waals surface area contributed by atoms with Crippen LogP contribution in [0.25, 0.3) is 16.9 Å². The third kappa shape index (κ3) is 8.65. The maximum Gasteiger partial charge on any atom is 0.490 e. The van der Waals surface area contributed by atoms with Crippen LogP contribution in [0.2, 0.25) is 0 Å². The van der Waals surface area contributed by atoms with Crippen molar-refractivity contribution >= 4 is 34.7 Å². The van der Waals surface area contributed by atoms with E-state index in [-0.39, 0.29) is 0 Å². The number of alkyl halides is 6. The number of anilines is 1. The molecule has 5 rings (SSSR count). The Morgan fingerprint density at radius 2 is 1.59 bits per heavy atom. The largest absolute Gasteiger partial charge is 0.490 e. The number of thiophene rings is 1. The van der Waals surface area contributed by atoms with Crippen molar-refractivity contribution in [2.24, 2.45) is 7.05 Å². The van der Waals surface area contributed by atoms with Crippen LogP contribution < -0.4 is 4.90 Å². The van der Waals surface area contributed by atoms with Crippen molar-refractivity contribution in [1.82, 2.24) is 29.0 Å². The number of hydrogen-bond donors (Lipinski definition) is 2. The molecular weight excluding hydrogens is 584 g/mol. The Bertz CT molecular complexity index is 1420. The van der Waals surface area contributed by atoms with Gasteiger partial charge in [0.2, 0.25) is 0 Å². The number of aromatic nitrogens is 5. The molecule has 1 saturated heterocycles. The van der Waals surface area contributed by atoms with E-state index >= 15 is 0 Å². The monoisotopic (exact) mass is 607 g/mol. The van der Waals surface area contributed by atoms with Gasteiger partial charge in [-0.1, -0.05) is 0 Å². The first-order chi connectivity index (χ1) is 19.2. The summed E-state index contributed by atoms with van der Waals surface area (Å²) in [5.74, 6) is -4.54. The highest BCUT2D eigenvalue weighted by atomic mass is 32.1. The van der Waals surface area contributed by atoms with E-state index in [9.17, 15) is 26.3 Å².